The summed E-state index contributed by atoms with van der Waals surface area (Å²) >= 11 is 0. The molecule has 1 rings (SSSR count). The van der Waals surface area contributed by atoms with E-state index in [0.29, 0.717) is 0 Å². The minimum atomic E-state index is -0.224. The Kier molecular flexibility index (Phi) is 5.99. The normalized spacial score (nSPS) is 14.4. The number of aldehydes is 1. The Hall–Kier alpha value is -1.22. The molecule has 3 heteroatoms. The molecule has 0 saturated heterocycles. The fraction of sp³-hybridized carbons (Fsp3) is 0.600. The molecule has 0 aromatic carbocycles. The van der Waals surface area contributed by atoms with Gasteiger partial charge in [0.05, 0.1) is 0 Å². The van der Waals surface area contributed by atoms with E-state index in [1.165, 1.54) is 5.56 Å². The van der Waals surface area contributed by atoms with Crippen LogP contribution in [0.5, 0.6) is 0 Å². The third-order valence-electron chi connectivity index (χ3n) is 3.29. The van der Waals surface area contributed by atoms with Gasteiger partial charge < -0.3 is 4.79 Å². The van der Waals surface area contributed by atoms with Crippen LogP contribution in [0.15, 0.2) is 24.5 Å². The van der Waals surface area contributed by atoms with Crippen LogP contribution in [0.2, 0.25) is 0 Å². The number of hydrogen-bond acceptors (Lipinski definition) is 3. The Labute approximate surface area is 110 Å². The van der Waals surface area contributed by atoms with Crippen LogP contribution in [0.1, 0.15) is 39.2 Å². The van der Waals surface area contributed by atoms with Crippen LogP contribution in [0.3, 0.4) is 0 Å². The van der Waals surface area contributed by atoms with Crippen molar-refractivity contribution in [1.29, 1.82) is 0 Å². The highest BCUT2D eigenvalue weighted by Crippen LogP contribution is 2.22. The zero-order valence-electron chi connectivity index (χ0n) is 11.7. The summed E-state index contributed by atoms with van der Waals surface area (Å²) in [5.41, 5.74) is 1.02. The number of aromatic nitrogens is 1. The van der Waals surface area contributed by atoms with E-state index in [0.717, 1.165) is 38.8 Å². The summed E-state index contributed by atoms with van der Waals surface area (Å²) in [5.74, 6) is 0. The lowest BCUT2D eigenvalue weighted by Crippen LogP contribution is -2.36. The van der Waals surface area contributed by atoms with Gasteiger partial charge in [0.15, 0.2) is 0 Å². The van der Waals surface area contributed by atoms with Crippen LogP contribution in [0, 0.1) is 5.41 Å². The molecule has 0 radical (unpaired) electrons. The largest absolute Gasteiger partial charge is 0.303 e. The minimum absolute atomic E-state index is 0.224. The van der Waals surface area contributed by atoms with Crippen molar-refractivity contribution in [2.24, 2.45) is 5.41 Å². The first-order valence-electron chi connectivity index (χ1n) is 6.71. The monoisotopic (exact) mass is 248 g/mol. The molecule has 0 aliphatic heterocycles. The van der Waals surface area contributed by atoms with Gasteiger partial charge in [0, 0.05) is 30.9 Å². The predicted octanol–water partition coefficient (Wildman–Crippen LogP) is 2.91. The van der Waals surface area contributed by atoms with E-state index >= 15 is 0 Å². The topological polar surface area (TPSA) is 33.2 Å². The molecule has 0 fully saturated rings. The maximum atomic E-state index is 11.3. The van der Waals surface area contributed by atoms with Crippen molar-refractivity contribution in [1.82, 2.24) is 9.88 Å². The number of carbonyl (C=O) groups excluding carboxylic acids is 1. The number of nitrogens with zero attached hydrogens (tertiary/aromatic N) is 2. The molecular formula is C15H24N2O. The SMILES string of the molecule is CCCC(C)(C=O)CN(CC)Cc1ccncc1. The second-order valence-electron chi connectivity index (χ2n) is 5.18. The highest BCUT2D eigenvalue weighted by Gasteiger charge is 2.25. The van der Waals surface area contributed by atoms with E-state index in [4.69, 9.17) is 0 Å². The van der Waals surface area contributed by atoms with E-state index < -0.39 is 0 Å². The van der Waals surface area contributed by atoms with Gasteiger partial charge in [-0.25, -0.2) is 0 Å². The molecule has 18 heavy (non-hydrogen) atoms. The Balaban J connectivity index is 2.64. The maximum Gasteiger partial charge on any atom is 0.127 e. The van der Waals surface area contributed by atoms with Gasteiger partial charge >= 0.3 is 0 Å². The van der Waals surface area contributed by atoms with Crippen LogP contribution >= 0.6 is 0 Å². The molecule has 0 amide bonds. The van der Waals surface area contributed by atoms with Crippen molar-refractivity contribution < 1.29 is 4.79 Å². The maximum absolute atomic E-state index is 11.3. The van der Waals surface area contributed by atoms with Gasteiger partial charge in [-0.3, -0.25) is 9.88 Å². The van der Waals surface area contributed by atoms with Gasteiger partial charge in [0.25, 0.3) is 0 Å². The molecule has 1 aromatic rings. The molecule has 0 bridgehead atoms. The van der Waals surface area contributed by atoms with E-state index in [2.05, 4.69) is 30.7 Å². The first-order chi connectivity index (χ1) is 8.63. The zero-order valence-corrected chi connectivity index (χ0v) is 11.7. The number of hydrogen-bond donors (Lipinski definition) is 0. The van der Waals surface area contributed by atoms with E-state index in [1.54, 1.807) is 0 Å². The lowest BCUT2D eigenvalue weighted by Gasteiger charge is -2.30. The summed E-state index contributed by atoms with van der Waals surface area (Å²) in [6.07, 6.45) is 6.74. The second kappa shape index (κ2) is 7.27. The first kappa shape index (κ1) is 14.8. The molecule has 100 valence electrons. The average molecular weight is 248 g/mol. The molecule has 0 saturated carbocycles. The third kappa shape index (κ3) is 4.57. The zero-order chi connectivity index (χ0) is 13.4. The predicted molar refractivity (Wildman–Crippen MR) is 74.3 cm³/mol. The summed E-state index contributed by atoms with van der Waals surface area (Å²) < 4.78 is 0. The average Bonchev–Trinajstić information content (AvgIpc) is 2.39. The molecule has 3 nitrogen and oxygen atoms in total. The molecule has 1 heterocycles. The van der Waals surface area contributed by atoms with Crippen molar-refractivity contribution in [2.45, 2.75) is 40.2 Å². The summed E-state index contributed by atoms with van der Waals surface area (Å²) in [5, 5.41) is 0. The standard InChI is InChI=1S/C15H24N2O/c1-4-8-15(3,13-18)12-17(5-2)11-14-6-9-16-10-7-14/h6-7,9-10,13H,4-5,8,11-12H2,1-3H3. The van der Waals surface area contributed by atoms with Gasteiger partial charge in [-0.1, -0.05) is 27.2 Å². The summed E-state index contributed by atoms with van der Waals surface area (Å²) in [6, 6.07) is 4.06. The minimum Gasteiger partial charge on any atom is -0.303 e. The lowest BCUT2D eigenvalue weighted by molar-refractivity contribution is -0.116. The highest BCUT2D eigenvalue weighted by molar-refractivity contribution is 5.59. The van der Waals surface area contributed by atoms with Crippen molar-refractivity contribution in [3.8, 4) is 0 Å². The van der Waals surface area contributed by atoms with Crippen molar-refractivity contribution in [3.05, 3.63) is 30.1 Å². The second-order valence-corrected chi connectivity index (χ2v) is 5.18. The van der Waals surface area contributed by atoms with Gasteiger partial charge in [0.2, 0.25) is 0 Å². The fourth-order valence-electron chi connectivity index (χ4n) is 2.28. The molecule has 0 aliphatic rings. The highest BCUT2D eigenvalue weighted by atomic mass is 16.1. The molecule has 0 aliphatic carbocycles. The summed E-state index contributed by atoms with van der Waals surface area (Å²) in [7, 11) is 0. The summed E-state index contributed by atoms with van der Waals surface area (Å²) in [6.45, 7) is 8.97. The molecular weight excluding hydrogens is 224 g/mol. The smallest absolute Gasteiger partial charge is 0.127 e. The van der Waals surface area contributed by atoms with Crippen LogP contribution in [0.25, 0.3) is 0 Å². The third-order valence-corrected chi connectivity index (χ3v) is 3.29. The van der Waals surface area contributed by atoms with Crippen molar-refractivity contribution in [2.75, 3.05) is 13.1 Å². The molecule has 1 unspecified atom stereocenters. The molecule has 1 atom stereocenters. The van der Waals surface area contributed by atoms with Gasteiger partial charge in [-0.15, -0.1) is 0 Å². The Morgan fingerprint density at radius 1 is 1.33 bits per heavy atom. The molecule has 1 aromatic heterocycles. The number of pyridine rings is 1. The number of carbonyl (C=O) groups is 1. The van der Waals surface area contributed by atoms with Crippen LogP contribution in [-0.4, -0.2) is 29.3 Å². The number of rotatable bonds is 8. The van der Waals surface area contributed by atoms with Crippen LogP contribution in [-0.2, 0) is 11.3 Å². The van der Waals surface area contributed by atoms with E-state index in [1.807, 2.05) is 24.5 Å². The van der Waals surface area contributed by atoms with Gasteiger partial charge in [0.1, 0.15) is 6.29 Å². The van der Waals surface area contributed by atoms with Crippen molar-refractivity contribution >= 4 is 6.29 Å². The summed E-state index contributed by atoms with van der Waals surface area (Å²) in [4.78, 5) is 17.6. The lowest BCUT2D eigenvalue weighted by atomic mass is 9.86. The Bertz CT molecular complexity index is 353. The van der Waals surface area contributed by atoms with Crippen LogP contribution in [0.4, 0.5) is 0 Å². The van der Waals surface area contributed by atoms with E-state index in [9.17, 15) is 4.79 Å². The van der Waals surface area contributed by atoms with Gasteiger partial charge in [-0.05, 0) is 30.7 Å². The van der Waals surface area contributed by atoms with Gasteiger partial charge in [-0.2, -0.15) is 0 Å². The quantitative estimate of drug-likeness (QED) is 0.663. The molecule has 0 spiro atoms. The van der Waals surface area contributed by atoms with Crippen molar-refractivity contribution in [3.63, 3.8) is 0 Å². The Morgan fingerprint density at radius 2 is 2.00 bits per heavy atom. The Morgan fingerprint density at radius 3 is 2.50 bits per heavy atom. The van der Waals surface area contributed by atoms with E-state index in [-0.39, 0.29) is 5.41 Å². The fourth-order valence-corrected chi connectivity index (χ4v) is 2.28. The van der Waals surface area contributed by atoms with Crippen LogP contribution < -0.4 is 0 Å². The molecule has 0 N–H and O–H groups in total. The first-order valence-corrected chi connectivity index (χ1v) is 6.71.